The van der Waals surface area contributed by atoms with Gasteiger partial charge in [0, 0.05) is 12.6 Å². The van der Waals surface area contributed by atoms with Gasteiger partial charge in [-0.15, -0.1) is 0 Å². The molecule has 0 bridgehead atoms. The molecule has 0 aliphatic heterocycles. The molecule has 0 saturated carbocycles. The van der Waals surface area contributed by atoms with Gasteiger partial charge in [0.25, 0.3) is 5.56 Å². The Balaban J connectivity index is 2.90. The number of nitrogens with zero attached hydrogens (tertiary/aromatic N) is 2. The van der Waals surface area contributed by atoms with Crippen molar-refractivity contribution in [1.82, 2.24) is 9.78 Å². The van der Waals surface area contributed by atoms with Crippen molar-refractivity contribution in [2.45, 2.75) is 59.0 Å². The second-order valence-corrected chi connectivity index (χ2v) is 4.79. The first-order valence-electron chi connectivity index (χ1n) is 6.66. The average Bonchev–Trinajstić information content (AvgIpc) is 2.39. The monoisotopic (exact) mass is 271 g/mol. The van der Waals surface area contributed by atoms with E-state index < -0.39 is 0 Å². The van der Waals surface area contributed by atoms with Gasteiger partial charge in [0.15, 0.2) is 0 Å². The Morgan fingerprint density at radius 1 is 1.39 bits per heavy atom. The number of halogens is 1. The minimum absolute atomic E-state index is 0.207. The maximum atomic E-state index is 12.0. The van der Waals surface area contributed by atoms with Crippen molar-refractivity contribution in [2.75, 3.05) is 5.32 Å². The van der Waals surface area contributed by atoms with Gasteiger partial charge in [0.2, 0.25) is 0 Å². The SMILES string of the molecule is CCCCn1ncc(NC(CC)CC)c(Cl)c1=O. The van der Waals surface area contributed by atoms with Crippen molar-refractivity contribution in [2.24, 2.45) is 0 Å². The third kappa shape index (κ3) is 3.73. The fourth-order valence-electron chi connectivity index (χ4n) is 1.75. The van der Waals surface area contributed by atoms with E-state index in [0.29, 0.717) is 18.3 Å². The van der Waals surface area contributed by atoms with Crippen LogP contribution in [0.1, 0.15) is 46.5 Å². The van der Waals surface area contributed by atoms with E-state index in [9.17, 15) is 4.79 Å². The highest BCUT2D eigenvalue weighted by Crippen LogP contribution is 2.18. The lowest BCUT2D eigenvalue weighted by atomic mass is 10.1. The minimum Gasteiger partial charge on any atom is -0.380 e. The smallest absolute Gasteiger partial charge is 0.287 e. The van der Waals surface area contributed by atoms with Crippen LogP contribution >= 0.6 is 11.6 Å². The Kier molecular flexibility index (Phi) is 6.19. The van der Waals surface area contributed by atoms with Crippen molar-refractivity contribution in [3.8, 4) is 0 Å². The topological polar surface area (TPSA) is 46.9 Å². The maximum Gasteiger partial charge on any atom is 0.287 e. The van der Waals surface area contributed by atoms with Gasteiger partial charge in [-0.1, -0.05) is 38.8 Å². The number of aromatic nitrogens is 2. The zero-order chi connectivity index (χ0) is 13.5. The molecule has 1 aromatic rings. The summed E-state index contributed by atoms with van der Waals surface area (Å²) in [5.74, 6) is 0. The molecule has 1 heterocycles. The first-order chi connectivity index (χ1) is 8.63. The fourth-order valence-corrected chi connectivity index (χ4v) is 1.95. The summed E-state index contributed by atoms with van der Waals surface area (Å²) in [6.45, 7) is 6.91. The molecule has 0 radical (unpaired) electrons. The Bertz CT molecular complexity index is 427. The Morgan fingerprint density at radius 2 is 2.06 bits per heavy atom. The van der Waals surface area contributed by atoms with Crippen LogP contribution in [-0.2, 0) is 6.54 Å². The van der Waals surface area contributed by atoms with E-state index in [4.69, 9.17) is 11.6 Å². The number of unbranched alkanes of at least 4 members (excludes halogenated alkanes) is 1. The summed E-state index contributed by atoms with van der Waals surface area (Å²) >= 11 is 6.10. The van der Waals surface area contributed by atoms with Gasteiger partial charge >= 0.3 is 0 Å². The molecule has 5 heteroatoms. The largest absolute Gasteiger partial charge is 0.380 e. The maximum absolute atomic E-state index is 12.0. The molecule has 0 aromatic carbocycles. The lowest BCUT2D eigenvalue weighted by molar-refractivity contribution is 0.542. The number of rotatable bonds is 7. The molecule has 102 valence electrons. The van der Waals surface area contributed by atoms with Gasteiger partial charge in [-0.05, 0) is 19.3 Å². The van der Waals surface area contributed by atoms with Gasteiger partial charge in [0.1, 0.15) is 5.02 Å². The van der Waals surface area contributed by atoms with Crippen LogP contribution in [0.15, 0.2) is 11.0 Å². The van der Waals surface area contributed by atoms with Crippen molar-refractivity contribution in [3.63, 3.8) is 0 Å². The normalized spacial score (nSPS) is 10.9. The lowest BCUT2D eigenvalue weighted by Crippen LogP contribution is -2.26. The molecule has 4 nitrogen and oxygen atoms in total. The third-order valence-corrected chi connectivity index (χ3v) is 3.42. The Hall–Kier alpha value is -1.03. The molecular formula is C13H22ClN3O. The molecule has 0 saturated heterocycles. The molecule has 0 atom stereocenters. The van der Waals surface area contributed by atoms with Gasteiger partial charge in [-0.3, -0.25) is 4.79 Å². The van der Waals surface area contributed by atoms with Crippen LogP contribution in [0.2, 0.25) is 5.02 Å². The third-order valence-electron chi connectivity index (χ3n) is 3.05. The number of hydrogen-bond donors (Lipinski definition) is 1. The zero-order valence-electron chi connectivity index (χ0n) is 11.4. The van der Waals surface area contributed by atoms with Crippen molar-refractivity contribution >= 4 is 17.3 Å². The Labute approximate surface area is 113 Å². The molecule has 0 amide bonds. The van der Waals surface area contributed by atoms with Gasteiger partial charge < -0.3 is 5.32 Å². The van der Waals surface area contributed by atoms with E-state index in [2.05, 4.69) is 31.2 Å². The summed E-state index contributed by atoms with van der Waals surface area (Å²) in [7, 11) is 0. The summed E-state index contributed by atoms with van der Waals surface area (Å²) in [6, 6.07) is 0.329. The first kappa shape index (κ1) is 15.0. The number of nitrogens with one attached hydrogen (secondary N) is 1. The molecule has 1 N–H and O–H groups in total. The van der Waals surface area contributed by atoms with Crippen LogP contribution in [0.5, 0.6) is 0 Å². The second kappa shape index (κ2) is 7.41. The van der Waals surface area contributed by atoms with Gasteiger partial charge in [0.05, 0.1) is 11.9 Å². The predicted molar refractivity (Wildman–Crippen MR) is 76.4 cm³/mol. The predicted octanol–water partition coefficient (Wildman–Crippen LogP) is 3.30. The van der Waals surface area contributed by atoms with Crippen LogP contribution in [0.4, 0.5) is 5.69 Å². The highest BCUT2D eigenvalue weighted by Gasteiger charge is 2.11. The van der Waals surface area contributed by atoms with Crippen LogP contribution in [-0.4, -0.2) is 15.8 Å². The van der Waals surface area contributed by atoms with E-state index in [-0.39, 0.29) is 10.6 Å². The molecule has 1 aromatic heterocycles. The molecule has 0 spiro atoms. The lowest BCUT2D eigenvalue weighted by Gasteiger charge is -2.17. The number of hydrogen-bond acceptors (Lipinski definition) is 3. The van der Waals surface area contributed by atoms with Crippen molar-refractivity contribution in [3.05, 3.63) is 21.6 Å². The summed E-state index contributed by atoms with van der Waals surface area (Å²) in [5, 5.41) is 7.66. The van der Waals surface area contributed by atoms with E-state index in [1.54, 1.807) is 6.20 Å². The molecular weight excluding hydrogens is 250 g/mol. The highest BCUT2D eigenvalue weighted by atomic mass is 35.5. The van der Waals surface area contributed by atoms with Gasteiger partial charge in [-0.2, -0.15) is 5.10 Å². The highest BCUT2D eigenvalue weighted by molar-refractivity contribution is 6.32. The van der Waals surface area contributed by atoms with E-state index in [1.807, 2.05) is 0 Å². The summed E-state index contributed by atoms with van der Waals surface area (Å²) in [4.78, 5) is 12.0. The summed E-state index contributed by atoms with van der Waals surface area (Å²) in [6.07, 6.45) is 5.59. The molecule has 0 unspecified atom stereocenters. The molecule has 0 aliphatic rings. The first-order valence-corrected chi connectivity index (χ1v) is 7.03. The van der Waals surface area contributed by atoms with Gasteiger partial charge in [-0.25, -0.2) is 4.68 Å². The van der Waals surface area contributed by atoms with Crippen LogP contribution in [0, 0.1) is 0 Å². The minimum atomic E-state index is -0.207. The summed E-state index contributed by atoms with van der Waals surface area (Å²) < 4.78 is 1.43. The summed E-state index contributed by atoms with van der Waals surface area (Å²) in [5.41, 5.74) is 0.434. The fraction of sp³-hybridized carbons (Fsp3) is 0.692. The van der Waals surface area contributed by atoms with E-state index in [0.717, 1.165) is 25.7 Å². The molecule has 0 fully saturated rings. The average molecular weight is 272 g/mol. The van der Waals surface area contributed by atoms with E-state index >= 15 is 0 Å². The molecule has 18 heavy (non-hydrogen) atoms. The van der Waals surface area contributed by atoms with E-state index in [1.165, 1.54) is 4.68 Å². The Morgan fingerprint density at radius 3 is 2.61 bits per heavy atom. The molecule has 0 aliphatic carbocycles. The standard InChI is InChI=1S/C13H22ClN3O/c1-4-7-8-17-13(18)12(14)11(9-15-17)16-10(5-2)6-3/h9-10,16H,4-8H2,1-3H3. The van der Waals surface area contributed by atoms with Crippen molar-refractivity contribution in [1.29, 1.82) is 0 Å². The molecule has 1 rings (SSSR count). The number of aryl methyl sites for hydroxylation is 1. The number of anilines is 1. The van der Waals surface area contributed by atoms with Crippen molar-refractivity contribution < 1.29 is 0 Å². The quantitative estimate of drug-likeness (QED) is 0.828. The van der Waals surface area contributed by atoms with Crippen LogP contribution < -0.4 is 10.9 Å². The second-order valence-electron chi connectivity index (χ2n) is 4.41. The van der Waals surface area contributed by atoms with Crippen LogP contribution in [0.25, 0.3) is 0 Å². The zero-order valence-corrected chi connectivity index (χ0v) is 12.1. The van der Waals surface area contributed by atoms with Crippen LogP contribution in [0.3, 0.4) is 0 Å².